The van der Waals surface area contributed by atoms with Crippen molar-refractivity contribution in [3.8, 4) is 22.8 Å². The normalized spacial score (nSPS) is 16.0. The van der Waals surface area contributed by atoms with Gasteiger partial charge in [0.1, 0.15) is 55.9 Å². The van der Waals surface area contributed by atoms with E-state index in [1.54, 1.807) is 76.3 Å². The number of hydrogen-bond acceptors (Lipinski definition) is 17. The van der Waals surface area contributed by atoms with Crippen LogP contribution in [0.25, 0.3) is 39.1 Å². The first-order valence-electron chi connectivity index (χ1n) is 36.1. The molecule has 3 aliphatic carbocycles. The van der Waals surface area contributed by atoms with Gasteiger partial charge >= 0.3 is 27.2 Å². The molecule has 34 heteroatoms. The smallest absolute Gasteiger partial charge is 0.339 e. The Morgan fingerprint density at radius 2 is 0.932 bits per heavy atom. The van der Waals surface area contributed by atoms with Gasteiger partial charge in [-0.25, -0.2) is 41.9 Å². The number of nitrogens with one attached hydrogen (secondary N) is 2. The van der Waals surface area contributed by atoms with Crippen LogP contribution in [0.1, 0.15) is 123 Å². The Labute approximate surface area is 718 Å². The molecule has 118 heavy (non-hydrogen) atoms. The lowest BCUT2D eigenvalue weighted by Gasteiger charge is -2.38. The van der Waals surface area contributed by atoms with Gasteiger partial charge in [0.15, 0.2) is 11.6 Å². The Kier molecular flexibility index (Phi) is 26.6. The number of hydrogen-bond donors (Lipinski definition) is 4. The Balaban J connectivity index is 0.000000183. The molecule has 624 valence electrons. The van der Waals surface area contributed by atoms with Gasteiger partial charge in [0, 0.05) is 105 Å². The SMILES string of the molecule is C.C.C.C.C.CC1C(=O)N(C)c2c(c(=O)n(C3CC3)c(=O)n2-c2cccc(N3CC(O)C3)c2)C1=[NH+]c1ccc(I)cc1F.Cc1c(Nc2cccc(N3CC(O)C3)c2)c2c(=O)n(C3CC3)c(=O)n(-c3ccc(I)cc3F)c2n(C)c1=O.Cc1ccc(S(=O)(=O)Oc2c(C)c(=O)n(C)c3c2c(=O)n(C2CC2)c(=O)n3-c2ccc(I)cc2F)cc1. The van der Waals surface area contributed by atoms with Gasteiger partial charge in [-0.05, 0) is 231 Å². The predicted molar refractivity (Wildman–Crippen MR) is 479 cm³/mol. The van der Waals surface area contributed by atoms with Crippen molar-refractivity contribution < 1.29 is 45.8 Å². The molecule has 6 aliphatic rings. The second-order valence-electron chi connectivity index (χ2n) is 29.0. The number of rotatable bonds is 14. The molecule has 1 atom stereocenters. The molecule has 2 saturated heterocycles. The second-order valence-corrected chi connectivity index (χ2v) is 34.3. The number of aliphatic hydroxyl groups excluding tert-OH is 2. The molecular weight excluding hydrogens is 1880 g/mol. The quantitative estimate of drug-likeness (QED) is 0.0581. The highest BCUT2D eigenvalue weighted by Crippen LogP contribution is 2.39. The zero-order valence-corrected chi connectivity index (χ0v) is 68.8. The summed E-state index contributed by atoms with van der Waals surface area (Å²) in [4.78, 5) is 131. The molecule has 0 radical (unpaired) electrons. The third-order valence-electron chi connectivity index (χ3n) is 21.0. The van der Waals surface area contributed by atoms with E-state index in [1.807, 2.05) is 114 Å². The molecule has 0 bridgehead atoms. The number of halogens is 6. The molecule has 27 nitrogen and oxygen atoms in total. The minimum absolute atomic E-state index is 0. The van der Waals surface area contributed by atoms with Crippen LogP contribution in [0.15, 0.2) is 171 Å². The molecule has 3 aliphatic heterocycles. The van der Waals surface area contributed by atoms with Crippen LogP contribution < -0.4 is 74.1 Å². The van der Waals surface area contributed by atoms with E-state index in [9.17, 15) is 66.2 Å². The Bertz CT molecular complexity index is 6570. The topological polar surface area (TPSA) is 313 Å². The second kappa shape index (κ2) is 34.7. The van der Waals surface area contributed by atoms with Crippen LogP contribution in [-0.2, 0) is 29.0 Å². The van der Waals surface area contributed by atoms with Crippen molar-refractivity contribution >= 4 is 146 Å². The van der Waals surface area contributed by atoms with Gasteiger partial charge in [-0.3, -0.25) is 56.5 Å². The first-order chi connectivity index (χ1) is 53.7. The summed E-state index contributed by atoms with van der Waals surface area (Å²) in [5.41, 5.74) is -0.729. The predicted octanol–water partition coefficient (Wildman–Crippen LogP) is 10.7. The average Bonchev–Trinajstić information content (AvgIpc) is 1.27. The molecule has 17 rings (SSSR count). The molecule has 1 unspecified atom stereocenters. The molecule has 4 N–H and O–H groups in total. The van der Waals surface area contributed by atoms with Crippen molar-refractivity contribution in [2.24, 2.45) is 20.0 Å². The standard InChI is InChI=1S/2C27H25FIN5O4.C25H21FIN3O6S.5CH4/c1-14-23(30-21-9-6-15(29)10-20(21)28)22-24(31(2)25(14)36)33(27(38)34(26(22)37)16-7-8-16)18-5-3-4-17(11-18)32-12-19(35)13-32;1-14-23(30-16-4-3-5-18(11-16)32-12-19(35)13-32)22-24(31(2)25(14)36)34(21-9-6-15(29)10-20(21)28)27(38)33(26(22)37)17-7-8-17;1-13-4-9-17(10-5-13)37(34,35)36-21-14(2)23(31)28(3)22-20(21)24(32)29(16-7-8-16)25(33)30(22)19-11-6-15(27)12-18(19)26;;;;;/h3-6,9-11,14,16,19,35H,7-8,12-13H2,1-2H3;3-6,9-11,17,19,30,35H,7-8,12-13H2,1-2H3;4-6,9-12,16H,7-8H2,1-3H3;5*1H4/p+1. The van der Waals surface area contributed by atoms with Crippen molar-refractivity contribution in [1.82, 2.24) is 36.5 Å². The van der Waals surface area contributed by atoms with Crippen LogP contribution in [0.2, 0.25) is 0 Å². The molecule has 5 fully saturated rings. The van der Waals surface area contributed by atoms with Crippen LogP contribution in [-0.4, -0.2) is 112 Å². The lowest BCUT2D eigenvalue weighted by atomic mass is 9.93. The summed E-state index contributed by atoms with van der Waals surface area (Å²) in [6.45, 7) is 8.44. The zero-order valence-electron chi connectivity index (χ0n) is 61.5. The highest BCUT2D eigenvalue weighted by molar-refractivity contribution is 14.1. The summed E-state index contributed by atoms with van der Waals surface area (Å²) in [5.74, 6) is -3.33. The zero-order chi connectivity index (χ0) is 80.6. The maximum Gasteiger partial charge on any atom is 0.339 e. The molecule has 5 aromatic heterocycles. The summed E-state index contributed by atoms with van der Waals surface area (Å²) in [7, 11) is -0.104. The summed E-state index contributed by atoms with van der Waals surface area (Å²) < 4.78 is 88.3. The van der Waals surface area contributed by atoms with E-state index in [-0.39, 0.29) is 134 Å². The number of fused-ring (bicyclic) bond motifs is 3. The van der Waals surface area contributed by atoms with Crippen LogP contribution >= 0.6 is 67.8 Å². The third-order valence-corrected chi connectivity index (χ3v) is 24.2. The largest absolute Gasteiger partial charge is 0.389 e. The fourth-order valence-corrected chi connectivity index (χ4v) is 16.9. The average molecular weight is 1980 g/mol. The lowest BCUT2D eigenvalue weighted by Crippen LogP contribution is -2.72. The van der Waals surface area contributed by atoms with Crippen molar-refractivity contribution in [3.63, 3.8) is 0 Å². The monoisotopic (exact) mass is 1980 g/mol. The van der Waals surface area contributed by atoms with E-state index in [1.165, 1.54) is 86.7 Å². The summed E-state index contributed by atoms with van der Waals surface area (Å²) >= 11 is 5.92. The number of nitrogens with zero attached hydrogens (tertiary/aromatic N) is 11. The molecule has 1 amide bonds. The van der Waals surface area contributed by atoms with Crippen molar-refractivity contribution in [2.75, 3.05) is 53.2 Å². The Hall–Kier alpha value is -10.0. The number of anilines is 5. The molecule has 3 saturated carbocycles. The van der Waals surface area contributed by atoms with Gasteiger partial charge in [-0.15, -0.1) is 0 Å². The summed E-state index contributed by atoms with van der Waals surface area (Å²) in [5, 5.41) is 22.5. The van der Waals surface area contributed by atoms with Gasteiger partial charge in [-0.1, -0.05) is 67.0 Å². The molecule has 6 aromatic carbocycles. The molecule has 0 spiro atoms. The fourth-order valence-electron chi connectivity index (χ4n) is 14.5. The number of aliphatic hydroxyl groups is 2. The molecule has 8 heterocycles. The first-order valence-corrected chi connectivity index (χ1v) is 40.7. The third kappa shape index (κ3) is 16.4. The molecule has 11 aromatic rings. The van der Waals surface area contributed by atoms with Crippen molar-refractivity contribution in [2.45, 2.75) is 139 Å². The number of benzene rings is 6. The van der Waals surface area contributed by atoms with Crippen LogP contribution in [0, 0.1) is 54.9 Å². The highest BCUT2D eigenvalue weighted by Gasteiger charge is 2.45. The summed E-state index contributed by atoms with van der Waals surface area (Å²) in [6, 6.07) is 33.0. The van der Waals surface area contributed by atoms with Gasteiger partial charge in [-0.2, -0.15) is 12.8 Å². The number of pyridine rings is 2. The number of aryl methyl sites for hydroxylation is 3. The number of β-amino-alcohol motifs (C(OH)–C–C–N with tert-alkyl or cyclic N) is 2. The van der Waals surface area contributed by atoms with Crippen LogP contribution in [0.5, 0.6) is 5.75 Å². The van der Waals surface area contributed by atoms with Crippen LogP contribution in [0.4, 0.5) is 47.4 Å². The van der Waals surface area contributed by atoms with Crippen LogP contribution in [0.3, 0.4) is 0 Å². The van der Waals surface area contributed by atoms with E-state index in [4.69, 9.17) is 4.18 Å². The van der Waals surface area contributed by atoms with Crippen molar-refractivity contribution in [1.29, 1.82) is 0 Å². The van der Waals surface area contributed by atoms with E-state index in [0.717, 1.165) is 35.2 Å². The van der Waals surface area contributed by atoms with Gasteiger partial charge in [0.25, 0.3) is 27.8 Å². The van der Waals surface area contributed by atoms with E-state index in [0.29, 0.717) is 92.4 Å². The fraction of sp³-hybridized carbons (Fsp3) is 0.333. The summed E-state index contributed by atoms with van der Waals surface area (Å²) in [6.07, 6.45) is 3.10. The minimum Gasteiger partial charge on any atom is -0.389 e. The van der Waals surface area contributed by atoms with E-state index < -0.39 is 96.2 Å². The van der Waals surface area contributed by atoms with E-state index >= 15 is 8.78 Å². The Morgan fingerprint density at radius 3 is 1.42 bits per heavy atom. The highest BCUT2D eigenvalue weighted by atomic mass is 127. The maximum atomic E-state index is 15.3. The first kappa shape index (κ1) is 90.3. The number of amides is 1. The maximum absolute atomic E-state index is 15.3. The number of carbonyl (C=O) groups is 1. The van der Waals surface area contributed by atoms with Gasteiger partial charge in [0.05, 0.1) is 40.5 Å². The lowest BCUT2D eigenvalue weighted by molar-refractivity contribution is -0.359. The molecular formula is C84H92F3I3N13O14S+. The Morgan fingerprint density at radius 1 is 0.500 bits per heavy atom. The van der Waals surface area contributed by atoms with E-state index in [2.05, 4.69) is 10.3 Å². The number of aromatic nitrogens is 8. The van der Waals surface area contributed by atoms with Crippen molar-refractivity contribution in [3.05, 3.63) is 261 Å². The van der Waals surface area contributed by atoms with Gasteiger partial charge < -0.3 is 29.5 Å². The minimum atomic E-state index is -4.47. The van der Waals surface area contributed by atoms with Gasteiger partial charge in [0.2, 0.25) is 17.3 Å². The number of carbonyl (C=O) groups excluding carboxylic acids is 1.